The van der Waals surface area contributed by atoms with E-state index in [9.17, 15) is 4.79 Å². The zero-order valence-electron chi connectivity index (χ0n) is 8.68. The van der Waals surface area contributed by atoms with E-state index in [0.29, 0.717) is 17.6 Å². The fourth-order valence-electron chi connectivity index (χ4n) is 2.64. The van der Waals surface area contributed by atoms with E-state index in [1.54, 1.807) is 0 Å². The molecule has 1 heteroatoms. The maximum Gasteiger partial charge on any atom is 0.136 e. The number of hydrogen-bond acceptors (Lipinski definition) is 1. The summed E-state index contributed by atoms with van der Waals surface area (Å²) in [6, 6.07) is 0. The molecule has 1 saturated carbocycles. The Morgan fingerprint density at radius 3 is 2.50 bits per heavy atom. The minimum Gasteiger partial charge on any atom is -0.299 e. The standard InChI is InChI=1S/C11H20O/c1-5-9-8(2)6-11(3,4)7-10(9)12/h8-9H,5-7H2,1-4H3. The van der Waals surface area contributed by atoms with Crippen LogP contribution in [0.5, 0.6) is 0 Å². The van der Waals surface area contributed by atoms with Crippen molar-refractivity contribution in [2.24, 2.45) is 17.3 Å². The second-order valence-corrected chi connectivity index (χ2v) is 5.00. The molecule has 0 spiro atoms. The summed E-state index contributed by atoms with van der Waals surface area (Å²) in [5.74, 6) is 1.42. The monoisotopic (exact) mass is 168 g/mol. The van der Waals surface area contributed by atoms with Crippen LogP contribution in [0.1, 0.15) is 47.0 Å². The van der Waals surface area contributed by atoms with Crippen LogP contribution in [-0.2, 0) is 4.79 Å². The van der Waals surface area contributed by atoms with Gasteiger partial charge in [0.25, 0.3) is 0 Å². The van der Waals surface area contributed by atoms with Crippen LogP contribution in [0.4, 0.5) is 0 Å². The molecular weight excluding hydrogens is 148 g/mol. The fourth-order valence-corrected chi connectivity index (χ4v) is 2.64. The van der Waals surface area contributed by atoms with Crippen molar-refractivity contribution in [3.8, 4) is 0 Å². The molecule has 1 aliphatic carbocycles. The minimum atomic E-state index is 0.252. The van der Waals surface area contributed by atoms with Gasteiger partial charge in [-0.15, -0.1) is 0 Å². The van der Waals surface area contributed by atoms with Crippen molar-refractivity contribution in [2.75, 3.05) is 0 Å². The molecule has 0 aromatic rings. The van der Waals surface area contributed by atoms with Crippen LogP contribution in [0.15, 0.2) is 0 Å². The summed E-state index contributed by atoms with van der Waals surface area (Å²) in [4.78, 5) is 11.7. The van der Waals surface area contributed by atoms with Crippen molar-refractivity contribution in [1.82, 2.24) is 0 Å². The van der Waals surface area contributed by atoms with Crippen molar-refractivity contribution < 1.29 is 4.79 Å². The first-order valence-corrected chi connectivity index (χ1v) is 4.99. The average molecular weight is 168 g/mol. The third kappa shape index (κ3) is 1.88. The van der Waals surface area contributed by atoms with Gasteiger partial charge in [-0.3, -0.25) is 4.79 Å². The Bertz CT molecular complexity index is 181. The molecule has 0 aromatic carbocycles. The van der Waals surface area contributed by atoms with Gasteiger partial charge < -0.3 is 0 Å². The molecule has 1 rings (SSSR count). The van der Waals surface area contributed by atoms with Gasteiger partial charge in [-0.1, -0.05) is 27.7 Å². The van der Waals surface area contributed by atoms with Crippen LogP contribution in [-0.4, -0.2) is 5.78 Å². The van der Waals surface area contributed by atoms with Crippen LogP contribution in [0.25, 0.3) is 0 Å². The van der Waals surface area contributed by atoms with Gasteiger partial charge in [0.2, 0.25) is 0 Å². The van der Waals surface area contributed by atoms with Gasteiger partial charge in [0.15, 0.2) is 0 Å². The molecule has 0 aliphatic heterocycles. The highest BCUT2D eigenvalue weighted by Crippen LogP contribution is 2.40. The van der Waals surface area contributed by atoms with Crippen LogP contribution in [0.3, 0.4) is 0 Å². The minimum absolute atomic E-state index is 0.252. The number of ketones is 1. The SMILES string of the molecule is CCC1C(=O)CC(C)(C)CC1C. The summed E-state index contributed by atoms with van der Waals surface area (Å²) in [5, 5.41) is 0. The zero-order valence-corrected chi connectivity index (χ0v) is 8.68. The quantitative estimate of drug-likeness (QED) is 0.588. The Labute approximate surface area is 75.5 Å². The Morgan fingerprint density at radius 2 is 2.08 bits per heavy atom. The van der Waals surface area contributed by atoms with Crippen molar-refractivity contribution in [3.63, 3.8) is 0 Å². The molecule has 70 valence electrons. The maximum atomic E-state index is 11.7. The highest BCUT2D eigenvalue weighted by atomic mass is 16.1. The number of carbonyl (C=O) groups is 1. The third-order valence-electron chi connectivity index (χ3n) is 3.07. The summed E-state index contributed by atoms with van der Waals surface area (Å²) in [6.07, 6.45) is 3.02. The lowest BCUT2D eigenvalue weighted by atomic mass is 9.66. The van der Waals surface area contributed by atoms with Crippen molar-refractivity contribution in [1.29, 1.82) is 0 Å². The van der Waals surface area contributed by atoms with Crippen LogP contribution in [0, 0.1) is 17.3 Å². The van der Waals surface area contributed by atoms with Gasteiger partial charge in [-0.2, -0.15) is 0 Å². The average Bonchev–Trinajstić information content (AvgIpc) is 1.82. The summed E-state index contributed by atoms with van der Waals surface area (Å²) >= 11 is 0. The van der Waals surface area contributed by atoms with E-state index in [4.69, 9.17) is 0 Å². The van der Waals surface area contributed by atoms with E-state index < -0.39 is 0 Å². The molecule has 2 unspecified atom stereocenters. The van der Waals surface area contributed by atoms with Gasteiger partial charge in [0, 0.05) is 12.3 Å². The van der Waals surface area contributed by atoms with Crippen molar-refractivity contribution in [2.45, 2.75) is 47.0 Å². The molecule has 0 radical (unpaired) electrons. The van der Waals surface area contributed by atoms with E-state index in [1.165, 1.54) is 6.42 Å². The molecule has 0 N–H and O–H groups in total. The largest absolute Gasteiger partial charge is 0.299 e. The molecule has 2 atom stereocenters. The fraction of sp³-hybridized carbons (Fsp3) is 0.909. The van der Waals surface area contributed by atoms with E-state index in [-0.39, 0.29) is 5.41 Å². The lowest BCUT2D eigenvalue weighted by molar-refractivity contribution is -0.130. The van der Waals surface area contributed by atoms with Gasteiger partial charge >= 0.3 is 0 Å². The van der Waals surface area contributed by atoms with Gasteiger partial charge in [0.1, 0.15) is 5.78 Å². The third-order valence-corrected chi connectivity index (χ3v) is 3.07. The highest BCUT2D eigenvalue weighted by Gasteiger charge is 2.36. The highest BCUT2D eigenvalue weighted by molar-refractivity contribution is 5.82. The maximum absolute atomic E-state index is 11.7. The van der Waals surface area contributed by atoms with Gasteiger partial charge in [-0.25, -0.2) is 0 Å². The number of carbonyl (C=O) groups excluding carboxylic acids is 1. The molecule has 0 bridgehead atoms. The lowest BCUT2D eigenvalue weighted by Gasteiger charge is -2.37. The first-order valence-electron chi connectivity index (χ1n) is 4.99. The van der Waals surface area contributed by atoms with Crippen molar-refractivity contribution in [3.05, 3.63) is 0 Å². The van der Waals surface area contributed by atoms with E-state index >= 15 is 0 Å². The van der Waals surface area contributed by atoms with E-state index in [0.717, 1.165) is 12.8 Å². The zero-order chi connectivity index (χ0) is 9.35. The number of rotatable bonds is 1. The number of hydrogen-bond donors (Lipinski definition) is 0. The Morgan fingerprint density at radius 1 is 1.50 bits per heavy atom. The molecule has 1 nitrogen and oxygen atoms in total. The second kappa shape index (κ2) is 3.20. The van der Waals surface area contributed by atoms with Gasteiger partial charge in [0.05, 0.1) is 0 Å². The Hall–Kier alpha value is -0.330. The van der Waals surface area contributed by atoms with Crippen molar-refractivity contribution >= 4 is 5.78 Å². The number of Topliss-reactive ketones (excluding diaryl/α,β-unsaturated/α-hetero) is 1. The summed E-state index contributed by atoms with van der Waals surface area (Å²) in [6.45, 7) is 8.74. The molecule has 0 heterocycles. The normalized spacial score (nSPS) is 35.2. The van der Waals surface area contributed by atoms with Crippen LogP contribution < -0.4 is 0 Å². The second-order valence-electron chi connectivity index (χ2n) is 5.00. The topological polar surface area (TPSA) is 17.1 Å². The molecule has 0 aromatic heterocycles. The van der Waals surface area contributed by atoms with Crippen LogP contribution in [0.2, 0.25) is 0 Å². The predicted molar refractivity (Wildman–Crippen MR) is 51.0 cm³/mol. The Kier molecular flexibility index (Phi) is 2.60. The smallest absolute Gasteiger partial charge is 0.136 e. The molecule has 1 aliphatic rings. The predicted octanol–water partition coefficient (Wildman–Crippen LogP) is 3.04. The first kappa shape index (κ1) is 9.76. The molecule has 0 amide bonds. The summed E-state index contributed by atoms with van der Waals surface area (Å²) < 4.78 is 0. The first-order chi connectivity index (χ1) is 5.46. The molecular formula is C11H20O. The van der Waals surface area contributed by atoms with Crippen LogP contribution >= 0.6 is 0 Å². The Balaban J connectivity index is 2.70. The lowest BCUT2D eigenvalue weighted by Crippen LogP contribution is -2.35. The summed E-state index contributed by atoms with van der Waals surface area (Å²) in [7, 11) is 0. The van der Waals surface area contributed by atoms with E-state index in [2.05, 4.69) is 27.7 Å². The van der Waals surface area contributed by atoms with Gasteiger partial charge in [-0.05, 0) is 24.2 Å². The van der Waals surface area contributed by atoms with E-state index in [1.807, 2.05) is 0 Å². The molecule has 1 fully saturated rings. The molecule has 0 saturated heterocycles. The summed E-state index contributed by atoms with van der Waals surface area (Å²) in [5.41, 5.74) is 0.252. The molecule has 12 heavy (non-hydrogen) atoms.